The zero-order valence-electron chi connectivity index (χ0n) is 9.66. The van der Waals surface area contributed by atoms with Crippen molar-refractivity contribution in [2.24, 2.45) is 0 Å². The second-order valence-corrected chi connectivity index (χ2v) is 3.57. The van der Waals surface area contributed by atoms with Crippen molar-refractivity contribution in [2.45, 2.75) is 6.30 Å². The van der Waals surface area contributed by atoms with Gasteiger partial charge in [-0.3, -0.25) is 9.69 Å². The van der Waals surface area contributed by atoms with Crippen LogP contribution in [0.2, 0.25) is 0 Å². The molecule has 2 rings (SSSR count). The first-order chi connectivity index (χ1) is 8.89. The van der Waals surface area contributed by atoms with Crippen molar-refractivity contribution in [3.63, 3.8) is 0 Å². The second kappa shape index (κ2) is 4.67. The van der Waals surface area contributed by atoms with Crippen LogP contribution >= 0.6 is 0 Å². The van der Waals surface area contributed by atoms with Gasteiger partial charge in [-0.2, -0.15) is 4.68 Å². The molecule has 0 saturated carbocycles. The van der Waals surface area contributed by atoms with Crippen LogP contribution in [0.3, 0.4) is 0 Å². The molecule has 0 unspecified atom stereocenters. The largest absolute Gasteiger partial charge is 0.505 e. The van der Waals surface area contributed by atoms with E-state index in [9.17, 15) is 18.0 Å². The standard InChI is InChI=1S/C10H8F3N5O/c1-17(8-4-2-3-5-14-8)9(19)7-6-18(16-15-7)10(11,12)13/h2-6H,1H3. The van der Waals surface area contributed by atoms with Gasteiger partial charge in [0, 0.05) is 13.2 Å². The van der Waals surface area contributed by atoms with E-state index in [1.54, 1.807) is 18.2 Å². The molecule has 19 heavy (non-hydrogen) atoms. The normalized spacial score (nSPS) is 11.4. The zero-order chi connectivity index (χ0) is 14.0. The minimum atomic E-state index is -4.70. The molecule has 0 bridgehead atoms. The Labute approximate surface area is 105 Å². The summed E-state index contributed by atoms with van der Waals surface area (Å²) in [5.74, 6) is -0.428. The number of pyridine rings is 1. The number of nitrogens with zero attached hydrogens (tertiary/aromatic N) is 5. The van der Waals surface area contributed by atoms with E-state index < -0.39 is 17.9 Å². The summed E-state index contributed by atoms with van der Waals surface area (Å²) in [6.45, 7) is 0. The summed E-state index contributed by atoms with van der Waals surface area (Å²) in [7, 11) is 1.39. The molecule has 0 spiro atoms. The Hall–Kier alpha value is -2.45. The average Bonchev–Trinajstić information content (AvgIpc) is 2.87. The number of hydrogen-bond donors (Lipinski definition) is 0. The summed E-state index contributed by atoms with van der Waals surface area (Å²) in [4.78, 5) is 16.9. The van der Waals surface area contributed by atoms with Crippen molar-refractivity contribution in [3.8, 4) is 0 Å². The molecule has 6 nitrogen and oxygen atoms in total. The van der Waals surface area contributed by atoms with Gasteiger partial charge >= 0.3 is 6.30 Å². The molecular formula is C10H8F3N5O. The number of amides is 1. The summed E-state index contributed by atoms with van der Waals surface area (Å²) in [5, 5.41) is 6.06. The molecule has 0 atom stereocenters. The van der Waals surface area contributed by atoms with Crippen LogP contribution in [0.25, 0.3) is 0 Å². The van der Waals surface area contributed by atoms with Crippen molar-refractivity contribution < 1.29 is 18.0 Å². The lowest BCUT2D eigenvalue weighted by atomic mass is 10.4. The third kappa shape index (κ3) is 2.69. The van der Waals surface area contributed by atoms with Crippen molar-refractivity contribution >= 4 is 11.7 Å². The van der Waals surface area contributed by atoms with Crippen LogP contribution in [-0.2, 0) is 6.30 Å². The van der Waals surface area contributed by atoms with E-state index in [-0.39, 0.29) is 4.68 Å². The summed E-state index contributed by atoms with van der Waals surface area (Å²) in [5.41, 5.74) is -0.412. The minimum absolute atomic E-state index is 0.300. The average molecular weight is 271 g/mol. The van der Waals surface area contributed by atoms with Gasteiger partial charge in [0.1, 0.15) is 5.82 Å². The van der Waals surface area contributed by atoms with Crippen molar-refractivity contribution in [3.05, 3.63) is 36.3 Å². The lowest BCUT2D eigenvalue weighted by Crippen LogP contribution is -2.27. The van der Waals surface area contributed by atoms with Gasteiger partial charge < -0.3 is 0 Å². The predicted molar refractivity (Wildman–Crippen MR) is 58.3 cm³/mol. The van der Waals surface area contributed by atoms with Crippen molar-refractivity contribution in [1.82, 2.24) is 20.0 Å². The number of hydrogen-bond acceptors (Lipinski definition) is 4. The van der Waals surface area contributed by atoms with Gasteiger partial charge in [0.05, 0.1) is 6.20 Å². The molecule has 0 fully saturated rings. The quantitative estimate of drug-likeness (QED) is 0.828. The molecule has 1 amide bonds. The monoisotopic (exact) mass is 271 g/mol. The van der Waals surface area contributed by atoms with Gasteiger partial charge in [0.25, 0.3) is 5.91 Å². The van der Waals surface area contributed by atoms with E-state index >= 15 is 0 Å². The number of aromatic nitrogens is 4. The number of rotatable bonds is 2. The molecule has 0 radical (unpaired) electrons. The molecule has 0 aliphatic rings. The van der Waals surface area contributed by atoms with Crippen molar-refractivity contribution in [2.75, 3.05) is 11.9 Å². The second-order valence-electron chi connectivity index (χ2n) is 3.57. The number of halogens is 3. The van der Waals surface area contributed by atoms with Gasteiger partial charge in [-0.15, -0.1) is 18.3 Å². The van der Waals surface area contributed by atoms with Crippen LogP contribution in [0.4, 0.5) is 19.0 Å². The Morgan fingerprint density at radius 3 is 2.63 bits per heavy atom. The maximum absolute atomic E-state index is 12.3. The fourth-order valence-corrected chi connectivity index (χ4v) is 1.31. The SMILES string of the molecule is CN(C(=O)c1cn(C(F)(F)F)nn1)c1ccccn1. The zero-order valence-corrected chi connectivity index (χ0v) is 9.66. The maximum Gasteiger partial charge on any atom is 0.505 e. The molecular weight excluding hydrogens is 263 g/mol. The van der Waals surface area contributed by atoms with Crippen LogP contribution < -0.4 is 4.90 Å². The number of anilines is 1. The van der Waals surface area contributed by atoms with Gasteiger partial charge in [-0.05, 0) is 12.1 Å². The molecule has 9 heteroatoms. The summed E-state index contributed by atoms with van der Waals surface area (Å²) in [6.07, 6.45) is -2.71. The van der Waals surface area contributed by atoms with Crippen molar-refractivity contribution in [1.29, 1.82) is 0 Å². The number of carbonyl (C=O) groups is 1. The van der Waals surface area contributed by atoms with Crippen LogP contribution in [0.5, 0.6) is 0 Å². The Kier molecular flexibility index (Phi) is 3.19. The first kappa shape index (κ1) is 13.0. The molecule has 0 aliphatic carbocycles. The van der Waals surface area contributed by atoms with E-state index in [1.807, 2.05) is 0 Å². The highest BCUT2D eigenvalue weighted by Crippen LogP contribution is 2.21. The van der Waals surface area contributed by atoms with E-state index in [0.29, 0.717) is 12.0 Å². The van der Waals surface area contributed by atoms with Gasteiger partial charge in [-0.1, -0.05) is 11.3 Å². The number of alkyl halides is 3. The smallest absolute Gasteiger partial charge is 0.294 e. The van der Waals surface area contributed by atoms with E-state index in [2.05, 4.69) is 15.3 Å². The Morgan fingerprint density at radius 2 is 2.11 bits per heavy atom. The summed E-state index contributed by atoms with van der Waals surface area (Å²) >= 11 is 0. The lowest BCUT2D eigenvalue weighted by molar-refractivity contribution is -0.213. The highest BCUT2D eigenvalue weighted by Gasteiger charge is 2.33. The lowest BCUT2D eigenvalue weighted by Gasteiger charge is -2.13. The molecule has 0 aromatic carbocycles. The van der Waals surface area contributed by atoms with E-state index in [4.69, 9.17) is 0 Å². The molecule has 2 aromatic rings. The Balaban J connectivity index is 2.23. The fraction of sp³-hybridized carbons (Fsp3) is 0.200. The first-order valence-corrected chi connectivity index (χ1v) is 5.08. The molecule has 0 saturated heterocycles. The minimum Gasteiger partial charge on any atom is -0.294 e. The fourth-order valence-electron chi connectivity index (χ4n) is 1.31. The van der Waals surface area contributed by atoms with Crippen LogP contribution in [-0.4, -0.2) is 32.9 Å². The maximum atomic E-state index is 12.3. The van der Waals surface area contributed by atoms with Gasteiger partial charge in [0.15, 0.2) is 5.69 Å². The van der Waals surface area contributed by atoms with E-state index in [1.165, 1.54) is 13.2 Å². The molecule has 2 heterocycles. The topological polar surface area (TPSA) is 63.9 Å². The summed E-state index contributed by atoms with van der Waals surface area (Å²) in [6, 6.07) is 4.85. The molecule has 0 N–H and O–H groups in total. The molecule has 100 valence electrons. The van der Waals surface area contributed by atoms with Crippen LogP contribution in [0.15, 0.2) is 30.6 Å². The third-order valence-corrected chi connectivity index (χ3v) is 2.27. The van der Waals surface area contributed by atoms with Crippen LogP contribution in [0, 0.1) is 0 Å². The first-order valence-electron chi connectivity index (χ1n) is 5.08. The molecule has 2 aromatic heterocycles. The van der Waals surface area contributed by atoms with Gasteiger partial charge in [-0.25, -0.2) is 4.98 Å². The van der Waals surface area contributed by atoms with Gasteiger partial charge in [0.2, 0.25) is 0 Å². The summed E-state index contributed by atoms with van der Waals surface area (Å²) < 4.78 is 36.6. The predicted octanol–water partition coefficient (Wildman–Crippen LogP) is 1.43. The highest BCUT2D eigenvalue weighted by molar-refractivity contribution is 6.03. The van der Waals surface area contributed by atoms with E-state index in [0.717, 1.165) is 4.90 Å². The van der Waals surface area contributed by atoms with Crippen LogP contribution in [0.1, 0.15) is 10.5 Å². The third-order valence-electron chi connectivity index (χ3n) is 2.27. The molecule has 0 aliphatic heterocycles. The Morgan fingerprint density at radius 1 is 1.37 bits per heavy atom. The Bertz CT molecular complexity index is 580. The number of carbonyl (C=O) groups excluding carboxylic acids is 1. The highest BCUT2D eigenvalue weighted by atomic mass is 19.4.